The van der Waals surface area contributed by atoms with Gasteiger partial charge in [-0.15, -0.1) is 0 Å². The van der Waals surface area contributed by atoms with Gasteiger partial charge in [-0.2, -0.15) is 0 Å². The van der Waals surface area contributed by atoms with E-state index in [1.54, 1.807) is 0 Å². The molecule has 0 N–H and O–H groups in total. The van der Waals surface area contributed by atoms with Crippen molar-refractivity contribution >= 4 is 16.9 Å². The zero-order chi connectivity index (χ0) is 4.12. The Hall–Kier alpha value is 0.298. The van der Waals surface area contributed by atoms with Crippen molar-refractivity contribution in [2.45, 2.75) is 12.1 Å². The van der Waals surface area contributed by atoms with Crippen molar-refractivity contribution in [2.75, 3.05) is 0 Å². The molecule has 0 aromatic carbocycles. The van der Waals surface area contributed by atoms with Crippen molar-refractivity contribution in [1.29, 1.82) is 0 Å². The predicted octanol–water partition coefficient (Wildman–Crippen LogP) is 1.15. The van der Waals surface area contributed by atoms with E-state index in [4.69, 9.17) is 0 Å². The van der Waals surface area contributed by atoms with Gasteiger partial charge in [0.25, 0.3) is 0 Å². The Balaban J connectivity index is 2.62. The van der Waals surface area contributed by atoms with E-state index in [2.05, 4.69) is 22.9 Å². The first kappa shape index (κ1) is 5.30. The standard InChI is InChI=1S/C4H7As/c1-2-3-4-5/h2-3H,4H2,1H3/b3-2+. The van der Waals surface area contributed by atoms with Gasteiger partial charge in [-0.05, 0) is 0 Å². The molecule has 0 aromatic heterocycles. The summed E-state index contributed by atoms with van der Waals surface area (Å²) >= 11 is 2.49. The Kier molecular flexibility index (Phi) is 4.56. The molecule has 0 nitrogen and oxygen atoms in total. The van der Waals surface area contributed by atoms with E-state index in [9.17, 15) is 0 Å². The monoisotopic (exact) mass is 130 g/mol. The first-order valence-corrected chi connectivity index (χ1v) is 2.96. The van der Waals surface area contributed by atoms with Crippen LogP contribution in [0.5, 0.6) is 0 Å². The van der Waals surface area contributed by atoms with Crippen LogP contribution in [0, 0.1) is 0 Å². The third-order valence-electron chi connectivity index (χ3n) is 0.341. The molecule has 0 aliphatic rings. The van der Waals surface area contributed by atoms with Crippen molar-refractivity contribution in [3.8, 4) is 0 Å². The molecule has 0 spiro atoms. The summed E-state index contributed by atoms with van der Waals surface area (Å²) in [4.78, 5) is 0. The molecule has 0 saturated carbocycles. The molecule has 2 radical (unpaired) electrons. The quantitative estimate of drug-likeness (QED) is 0.369. The Morgan fingerprint density at radius 2 is 2.40 bits per heavy atom. The predicted molar refractivity (Wildman–Crippen MR) is 25.4 cm³/mol. The Morgan fingerprint density at radius 3 is 2.40 bits per heavy atom. The second-order valence-electron chi connectivity index (χ2n) is 0.752. The molecule has 0 aliphatic heterocycles. The SMILES string of the molecule is C/C=C/C[As]. The molecule has 0 heterocycles. The van der Waals surface area contributed by atoms with Crippen LogP contribution in [0.25, 0.3) is 0 Å². The van der Waals surface area contributed by atoms with Crippen LogP contribution in [0.4, 0.5) is 0 Å². The van der Waals surface area contributed by atoms with E-state index in [1.165, 1.54) is 0 Å². The molecule has 5 heavy (non-hydrogen) atoms. The van der Waals surface area contributed by atoms with E-state index < -0.39 is 0 Å². The molecule has 0 aliphatic carbocycles. The summed E-state index contributed by atoms with van der Waals surface area (Å²) in [6.07, 6.45) is 4.14. The summed E-state index contributed by atoms with van der Waals surface area (Å²) in [5.41, 5.74) is 0. The Bertz CT molecular complexity index is 30.6. The summed E-state index contributed by atoms with van der Waals surface area (Å²) < 4.78 is 0. The number of hydrogen-bond acceptors (Lipinski definition) is 0. The Labute approximate surface area is 41.8 Å². The average molecular weight is 130 g/mol. The van der Waals surface area contributed by atoms with Crippen LogP contribution in [0.1, 0.15) is 6.92 Å². The van der Waals surface area contributed by atoms with E-state index in [-0.39, 0.29) is 0 Å². The fourth-order valence-electron chi connectivity index (χ4n) is 0.105. The van der Waals surface area contributed by atoms with Crippen LogP contribution < -0.4 is 0 Å². The molecular weight excluding hydrogens is 123 g/mol. The minimum absolute atomic E-state index is 1.10. The van der Waals surface area contributed by atoms with Crippen molar-refractivity contribution in [1.82, 2.24) is 0 Å². The fraction of sp³-hybridized carbons (Fsp3) is 0.500. The first-order valence-electron chi connectivity index (χ1n) is 1.64. The van der Waals surface area contributed by atoms with Crippen LogP contribution in [0.15, 0.2) is 12.2 Å². The van der Waals surface area contributed by atoms with Gasteiger partial charge < -0.3 is 0 Å². The zero-order valence-electron chi connectivity index (χ0n) is 3.31. The first-order chi connectivity index (χ1) is 2.41. The van der Waals surface area contributed by atoms with Gasteiger partial charge >= 0.3 is 41.1 Å². The van der Waals surface area contributed by atoms with E-state index in [1.807, 2.05) is 13.0 Å². The topological polar surface area (TPSA) is 0 Å². The van der Waals surface area contributed by atoms with Gasteiger partial charge in [0.2, 0.25) is 0 Å². The van der Waals surface area contributed by atoms with Crippen LogP contribution in [0.3, 0.4) is 0 Å². The number of hydrogen-bond donors (Lipinski definition) is 0. The van der Waals surface area contributed by atoms with Gasteiger partial charge in [0.05, 0.1) is 0 Å². The van der Waals surface area contributed by atoms with Gasteiger partial charge in [0, 0.05) is 0 Å². The van der Waals surface area contributed by atoms with Crippen LogP contribution in [0.2, 0.25) is 5.21 Å². The van der Waals surface area contributed by atoms with E-state index in [0.717, 1.165) is 5.21 Å². The molecule has 0 bridgehead atoms. The molecule has 0 amide bonds. The normalized spacial score (nSPS) is 10.0. The van der Waals surface area contributed by atoms with Gasteiger partial charge in [-0.1, -0.05) is 0 Å². The molecule has 0 fully saturated rings. The van der Waals surface area contributed by atoms with Crippen LogP contribution in [-0.4, -0.2) is 16.9 Å². The minimum atomic E-state index is 1.10. The van der Waals surface area contributed by atoms with Gasteiger partial charge in [-0.3, -0.25) is 0 Å². The van der Waals surface area contributed by atoms with Crippen molar-refractivity contribution < 1.29 is 0 Å². The summed E-state index contributed by atoms with van der Waals surface area (Å²) in [5.74, 6) is 0. The van der Waals surface area contributed by atoms with Crippen molar-refractivity contribution in [2.24, 2.45) is 0 Å². The van der Waals surface area contributed by atoms with Crippen molar-refractivity contribution in [3.05, 3.63) is 12.2 Å². The molecule has 0 saturated heterocycles. The van der Waals surface area contributed by atoms with Gasteiger partial charge in [0.15, 0.2) is 0 Å². The zero-order valence-corrected chi connectivity index (χ0v) is 5.19. The van der Waals surface area contributed by atoms with E-state index in [0.29, 0.717) is 0 Å². The Morgan fingerprint density at radius 1 is 1.80 bits per heavy atom. The summed E-state index contributed by atoms with van der Waals surface area (Å²) in [5, 5.41) is 1.10. The number of rotatable bonds is 1. The maximum absolute atomic E-state index is 2.49. The fourth-order valence-corrected chi connectivity index (χ4v) is 0.548. The molecule has 0 atom stereocenters. The van der Waals surface area contributed by atoms with E-state index >= 15 is 0 Å². The molecule has 0 unspecified atom stereocenters. The van der Waals surface area contributed by atoms with Crippen LogP contribution >= 0.6 is 0 Å². The second-order valence-corrected chi connectivity index (χ2v) is 1.52. The van der Waals surface area contributed by atoms with Crippen LogP contribution in [-0.2, 0) is 0 Å². The molecular formula is C4H7As. The second kappa shape index (κ2) is 4.30. The summed E-state index contributed by atoms with van der Waals surface area (Å²) in [6, 6.07) is 0. The van der Waals surface area contributed by atoms with Gasteiger partial charge in [-0.25, -0.2) is 0 Å². The summed E-state index contributed by atoms with van der Waals surface area (Å²) in [6.45, 7) is 2.02. The molecule has 0 rings (SSSR count). The third kappa shape index (κ3) is 4.30. The van der Waals surface area contributed by atoms with Crippen molar-refractivity contribution in [3.63, 3.8) is 0 Å². The number of allylic oxidation sites excluding steroid dienone is 2. The molecule has 28 valence electrons. The molecule has 0 aromatic rings. The molecule has 1 heteroatoms. The maximum atomic E-state index is 2.49. The van der Waals surface area contributed by atoms with Gasteiger partial charge in [0.1, 0.15) is 0 Å². The average Bonchev–Trinajstić information content (AvgIpc) is 1.41. The summed E-state index contributed by atoms with van der Waals surface area (Å²) in [7, 11) is 0. The third-order valence-corrected chi connectivity index (χ3v) is 0.783.